The Morgan fingerprint density at radius 2 is 2.14 bits per heavy atom. The number of rotatable bonds is 3. The molecule has 1 aliphatic heterocycles. The van der Waals surface area contributed by atoms with Gasteiger partial charge < -0.3 is 10.4 Å². The van der Waals surface area contributed by atoms with Gasteiger partial charge in [-0.15, -0.1) is 0 Å². The SMILES string of the molecule is O=C(O)CC1SC(=Nc2ccc(Cl)cc2C(F)(F)F)NC1=O. The second kappa shape index (κ2) is 6.17. The molecule has 0 bridgehead atoms. The van der Waals surface area contributed by atoms with E-state index in [9.17, 15) is 22.8 Å². The number of alkyl halides is 3. The Morgan fingerprint density at radius 1 is 1.45 bits per heavy atom. The quantitative estimate of drug-likeness (QED) is 0.876. The molecule has 1 saturated heterocycles. The lowest BCUT2D eigenvalue weighted by molar-refractivity contribution is -0.138. The van der Waals surface area contributed by atoms with E-state index in [1.54, 1.807) is 0 Å². The predicted molar refractivity (Wildman–Crippen MR) is 75.3 cm³/mol. The number of hydrogen-bond donors (Lipinski definition) is 2. The average molecular weight is 353 g/mol. The highest BCUT2D eigenvalue weighted by Crippen LogP contribution is 2.38. The Kier molecular flexibility index (Phi) is 4.66. The minimum absolute atomic E-state index is 0.0796. The lowest BCUT2D eigenvalue weighted by Crippen LogP contribution is -2.26. The molecule has 2 rings (SSSR count). The highest BCUT2D eigenvalue weighted by Gasteiger charge is 2.36. The number of carboxylic acids is 1. The molecule has 1 aromatic rings. The fraction of sp³-hybridized carbons (Fsp3) is 0.250. The molecule has 1 fully saturated rings. The summed E-state index contributed by atoms with van der Waals surface area (Å²) in [7, 11) is 0. The number of hydrogen-bond acceptors (Lipinski definition) is 4. The van der Waals surface area contributed by atoms with E-state index in [-0.39, 0.29) is 10.2 Å². The minimum Gasteiger partial charge on any atom is -0.481 e. The van der Waals surface area contributed by atoms with Crippen LogP contribution in [0.15, 0.2) is 23.2 Å². The van der Waals surface area contributed by atoms with Crippen molar-refractivity contribution in [3.63, 3.8) is 0 Å². The maximum absolute atomic E-state index is 12.9. The van der Waals surface area contributed by atoms with Crippen LogP contribution < -0.4 is 5.32 Å². The van der Waals surface area contributed by atoms with E-state index in [4.69, 9.17) is 16.7 Å². The lowest BCUT2D eigenvalue weighted by atomic mass is 10.2. The van der Waals surface area contributed by atoms with Gasteiger partial charge in [0, 0.05) is 5.02 Å². The van der Waals surface area contributed by atoms with Crippen molar-refractivity contribution in [2.45, 2.75) is 17.8 Å². The maximum Gasteiger partial charge on any atom is 0.418 e. The summed E-state index contributed by atoms with van der Waals surface area (Å²) in [6, 6.07) is 3.05. The van der Waals surface area contributed by atoms with E-state index in [0.717, 1.165) is 23.9 Å². The van der Waals surface area contributed by atoms with Crippen LogP contribution in [0.5, 0.6) is 0 Å². The molecule has 2 N–H and O–H groups in total. The molecule has 5 nitrogen and oxygen atoms in total. The first-order valence-electron chi connectivity index (χ1n) is 5.81. The van der Waals surface area contributed by atoms with Crippen LogP contribution in [-0.2, 0) is 15.8 Å². The summed E-state index contributed by atoms with van der Waals surface area (Å²) >= 11 is 6.33. The molecule has 1 aromatic carbocycles. The molecule has 0 radical (unpaired) electrons. The highest BCUT2D eigenvalue weighted by molar-refractivity contribution is 8.15. The summed E-state index contributed by atoms with van der Waals surface area (Å²) < 4.78 is 38.8. The molecule has 1 aliphatic rings. The van der Waals surface area contributed by atoms with Crippen LogP contribution in [0.25, 0.3) is 0 Å². The van der Waals surface area contributed by atoms with Crippen LogP contribution in [-0.4, -0.2) is 27.4 Å². The van der Waals surface area contributed by atoms with Crippen molar-refractivity contribution in [2.24, 2.45) is 4.99 Å². The predicted octanol–water partition coefficient (Wildman–Crippen LogP) is 3.05. The van der Waals surface area contributed by atoms with E-state index in [1.807, 2.05) is 0 Å². The molecule has 10 heteroatoms. The van der Waals surface area contributed by atoms with Crippen molar-refractivity contribution in [1.82, 2.24) is 5.32 Å². The molecule has 1 heterocycles. The Labute approximate surface area is 131 Å². The van der Waals surface area contributed by atoms with Crippen molar-refractivity contribution in [2.75, 3.05) is 0 Å². The third kappa shape index (κ3) is 3.92. The molecule has 0 aromatic heterocycles. The fourth-order valence-electron chi connectivity index (χ4n) is 1.69. The number of carboxylic acid groups (broad SMARTS) is 1. The Hall–Kier alpha value is -1.74. The topological polar surface area (TPSA) is 78.8 Å². The third-order valence-electron chi connectivity index (χ3n) is 2.62. The number of benzene rings is 1. The number of carbonyl (C=O) groups excluding carboxylic acids is 1. The highest BCUT2D eigenvalue weighted by atomic mass is 35.5. The van der Waals surface area contributed by atoms with E-state index < -0.39 is 41.0 Å². The normalized spacial score (nSPS) is 20.3. The number of thioether (sulfide) groups is 1. The molecule has 1 amide bonds. The van der Waals surface area contributed by atoms with Gasteiger partial charge in [0.2, 0.25) is 5.91 Å². The van der Waals surface area contributed by atoms with Gasteiger partial charge in [0.25, 0.3) is 0 Å². The summed E-state index contributed by atoms with van der Waals surface area (Å²) in [6.45, 7) is 0. The maximum atomic E-state index is 12.9. The summed E-state index contributed by atoms with van der Waals surface area (Å²) in [4.78, 5) is 25.9. The van der Waals surface area contributed by atoms with Crippen molar-refractivity contribution in [3.8, 4) is 0 Å². The second-order valence-electron chi connectivity index (χ2n) is 4.27. The van der Waals surface area contributed by atoms with Crippen LogP contribution in [0.1, 0.15) is 12.0 Å². The first-order chi connectivity index (χ1) is 10.2. The number of aliphatic imine (C=N–C) groups is 1. The van der Waals surface area contributed by atoms with Gasteiger partial charge in [-0.3, -0.25) is 9.59 Å². The number of nitrogens with zero attached hydrogens (tertiary/aromatic N) is 1. The van der Waals surface area contributed by atoms with Gasteiger partial charge in [0.05, 0.1) is 17.7 Å². The fourth-order valence-corrected chi connectivity index (χ4v) is 2.84. The molecule has 0 aliphatic carbocycles. The minimum atomic E-state index is -4.65. The zero-order valence-electron chi connectivity index (χ0n) is 10.6. The van der Waals surface area contributed by atoms with Crippen molar-refractivity contribution in [1.29, 1.82) is 0 Å². The molecule has 22 heavy (non-hydrogen) atoms. The number of aliphatic carboxylic acids is 1. The molecule has 1 atom stereocenters. The third-order valence-corrected chi connectivity index (χ3v) is 3.94. The lowest BCUT2D eigenvalue weighted by Gasteiger charge is -2.10. The Bertz CT molecular complexity index is 664. The van der Waals surface area contributed by atoms with Gasteiger partial charge in [0.1, 0.15) is 5.25 Å². The van der Waals surface area contributed by atoms with Gasteiger partial charge in [-0.25, -0.2) is 4.99 Å². The largest absolute Gasteiger partial charge is 0.481 e. The number of halogens is 4. The van der Waals surface area contributed by atoms with Crippen molar-refractivity contribution < 1.29 is 27.9 Å². The monoisotopic (exact) mass is 352 g/mol. The van der Waals surface area contributed by atoms with Crippen LogP contribution >= 0.6 is 23.4 Å². The van der Waals surface area contributed by atoms with E-state index >= 15 is 0 Å². The first kappa shape index (κ1) is 16.6. The molecule has 1 unspecified atom stereocenters. The zero-order valence-corrected chi connectivity index (χ0v) is 12.2. The molecule has 118 valence electrons. The van der Waals surface area contributed by atoms with Gasteiger partial charge in [0.15, 0.2) is 5.17 Å². The van der Waals surface area contributed by atoms with E-state index in [0.29, 0.717) is 0 Å². The van der Waals surface area contributed by atoms with Gasteiger partial charge >= 0.3 is 12.1 Å². The van der Waals surface area contributed by atoms with E-state index in [1.165, 1.54) is 6.07 Å². The van der Waals surface area contributed by atoms with Gasteiger partial charge in [-0.05, 0) is 18.2 Å². The standard InChI is InChI=1S/C12H8ClF3N2O3S/c13-5-1-2-7(6(3-5)12(14,15)16)17-11-18-10(21)8(22-11)4-9(19)20/h1-3,8H,4H2,(H,19,20)(H,17,18,21). The number of carbonyl (C=O) groups is 2. The number of nitrogens with one attached hydrogen (secondary N) is 1. The summed E-state index contributed by atoms with van der Waals surface area (Å²) in [5, 5.41) is 9.82. The molecular formula is C12H8ClF3N2O3S. The smallest absolute Gasteiger partial charge is 0.418 e. The summed E-state index contributed by atoms with van der Waals surface area (Å²) in [5.41, 5.74) is -1.44. The average Bonchev–Trinajstić information content (AvgIpc) is 2.70. The van der Waals surface area contributed by atoms with Crippen LogP contribution in [0, 0.1) is 0 Å². The second-order valence-corrected chi connectivity index (χ2v) is 5.90. The Morgan fingerprint density at radius 3 is 2.73 bits per heavy atom. The van der Waals surface area contributed by atoms with Crippen molar-refractivity contribution in [3.05, 3.63) is 28.8 Å². The van der Waals surface area contributed by atoms with Crippen LogP contribution in [0.4, 0.5) is 18.9 Å². The Balaban J connectivity index is 2.31. The van der Waals surface area contributed by atoms with Crippen molar-refractivity contribution >= 4 is 46.1 Å². The number of amidine groups is 1. The molecule has 0 spiro atoms. The zero-order chi connectivity index (χ0) is 16.5. The van der Waals surface area contributed by atoms with Gasteiger partial charge in [-0.1, -0.05) is 23.4 Å². The van der Waals surface area contributed by atoms with Crippen LogP contribution in [0.2, 0.25) is 5.02 Å². The number of amides is 1. The van der Waals surface area contributed by atoms with E-state index in [2.05, 4.69) is 10.3 Å². The summed E-state index contributed by atoms with van der Waals surface area (Å²) in [5.74, 6) is -1.79. The molecular weight excluding hydrogens is 345 g/mol. The first-order valence-corrected chi connectivity index (χ1v) is 7.07. The van der Waals surface area contributed by atoms with Crippen LogP contribution in [0.3, 0.4) is 0 Å². The molecule has 0 saturated carbocycles. The van der Waals surface area contributed by atoms with Gasteiger partial charge in [-0.2, -0.15) is 13.2 Å². The summed E-state index contributed by atoms with van der Waals surface area (Å²) in [6.07, 6.45) is -5.10.